The van der Waals surface area contributed by atoms with Gasteiger partial charge in [-0.15, -0.1) is 16.8 Å². The van der Waals surface area contributed by atoms with Crippen LogP contribution in [0, 0.1) is 0 Å². The summed E-state index contributed by atoms with van der Waals surface area (Å²) in [6.07, 6.45) is 5.13. The van der Waals surface area contributed by atoms with Gasteiger partial charge in [0.25, 0.3) is 0 Å². The lowest BCUT2D eigenvalue weighted by Crippen LogP contribution is -2.01. The first-order valence-electron chi connectivity index (χ1n) is 6.57. The second kappa shape index (κ2) is 7.28. The molecule has 1 aromatic heterocycles. The van der Waals surface area contributed by atoms with E-state index in [0.717, 1.165) is 37.1 Å². The molecule has 0 radical (unpaired) electrons. The van der Waals surface area contributed by atoms with Crippen molar-refractivity contribution in [1.82, 2.24) is 20.6 Å². The van der Waals surface area contributed by atoms with Crippen molar-refractivity contribution < 1.29 is 9.84 Å². The fourth-order valence-electron chi connectivity index (χ4n) is 1.86. The number of aryl methyl sites for hydroxylation is 1. The van der Waals surface area contributed by atoms with Gasteiger partial charge in [-0.05, 0) is 30.9 Å². The Bertz CT molecular complexity index is 540. The number of H-pyrrole nitrogens is 1. The summed E-state index contributed by atoms with van der Waals surface area (Å²) in [5, 5.41) is 23.2. The third-order valence-electron chi connectivity index (χ3n) is 2.86. The highest BCUT2D eigenvalue weighted by Crippen LogP contribution is 2.25. The van der Waals surface area contributed by atoms with E-state index >= 15 is 0 Å². The maximum Gasteiger partial charge on any atom is 0.174 e. The van der Waals surface area contributed by atoms with Gasteiger partial charge < -0.3 is 9.84 Å². The Morgan fingerprint density at radius 1 is 1.35 bits per heavy atom. The van der Waals surface area contributed by atoms with E-state index in [-0.39, 0.29) is 5.75 Å². The van der Waals surface area contributed by atoms with Crippen molar-refractivity contribution in [3.63, 3.8) is 0 Å². The lowest BCUT2D eigenvalue weighted by Gasteiger charge is -2.10. The average Bonchev–Trinajstić information content (AvgIpc) is 2.94. The smallest absolute Gasteiger partial charge is 0.174 e. The fraction of sp³-hybridized carbons (Fsp3) is 0.357. The minimum absolute atomic E-state index is 0.208. The molecule has 20 heavy (non-hydrogen) atoms. The zero-order valence-electron chi connectivity index (χ0n) is 11.2. The van der Waals surface area contributed by atoms with Crippen LogP contribution >= 0.6 is 0 Å². The zero-order valence-corrected chi connectivity index (χ0v) is 11.2. The highest BCUT2D eigenvalue weighted by molar-refractivity contribution is 5.40. The van der Waals surface area contributed by atoms with E-state index < -0.39 is 0 Å². The van der Waals surface area contributed by atoms with Crippen LogP contribution in [0.5, 0.6) is 11.5 Å². The second-order valence-corrected chi connectivity index (χ2v) is 4.42. The van der Waals surface area contributed by atoms with E-state index in [9.17, 15) is 5.11 Å². The van der Waals surface area contributed by atoms with Gasteiger partial charge in [-0.3, -0.25) is 0 Å². The van der Waals surface area contributed by atoms with Crippen LogP contribution in [-0.4, -0.2) is 32.3 Å². The van der Waals surface area contributed by atoms with Gasteiger partial charge in [-0.1, -0.05) is 17.4 Å². The number of rotatable bonds is 8. The van der Waals surface area contributed by atoms with Gasteiger partial charge in [0.15, 0.2) is 5.82 Å². The molecule has 0 unspecified atom stereocenters. The molecule has 0 aliphatic heterocycles. The number of hydrogen-bond acceptors (Lipinski definition) is 5. The highest BCUT2D eigenvalue weighted by Gasteiger charge is 2.04. The number of ether oxygens (including phenoxy) is 1. The first-order chi connectivity index (χ1) is 9.79. The molecule has 2 N–H and O–H groups in total. The number of nitrogens with one attached hydrogen (secondary N) is 1. The molecule has 6 heteroatoms. The molecule has 0 fully saturated rings. The van der Waals surface area contributed by atoms with Gasteiger partial charge in [-0.2, -0.15) is 5.21 Å². The minimum atomic E-state index is 0.208. The van der Waals surface area contributed by atoms with Crippen LogP contribution in [-0.2, 0) is 12.8 Å². The van der Waals surface area contributed by atoms with Gasteiger partial charge in [-0.25, -0.2) is 0 Å². The number of aromatic amines is 1. The van der Waals surface area contributed by atoms with Crippen LogP contribution in [0.1, 0.15) is 24.2 Å². The summed E-state index contributed by atoms with van der Waals surface area (Å²) in [5.74, 6) is 1.64. The average molecular weight is 274 g/mol. The summed E-state index contributed by atoms with van der Waals surface area (Å²) in [6, 6.07) is 5.14. The fourth-order valence-corrected chi connectivity index (χ4v) is 1.86. The normalized spacial score (nSPS) is 10.4. The first-order valence-corrected chi connectivity index (χ1v) is 6.57. The number of phenolic OH excluding ortho intramolecular Hbond substituents is 1. The summed E-state index contributed by atoms with van der Waals surface area (Å²) in [5.41, 5.74) is 1.02. The third kappa shape index (κ3) is 4.08. The van der Waals surface area contributed by atoms with E-state index in [0.29, 0.717) is 12.4 Å². The standard InChI is InChI=1S/C14H18N4O2/c1-2-5-11-7-8-12(19)10-13(11)20-9-4-3-6-14-15-17-18-16-14/h2,7-8,10,19H,1,3-6,9H2,(H,15,16,17,18). The van der Waals surface area contributed by atoms with Crippen molar-refractivity contribution in [1.29, 1.82) is 0 Å². The van der Waals surface area contributed by atoms with Crippen molar-refractivity contribution in [3.8, 4) is 11.5 Å². The molecule has 0 bridgehead atoms. The van der Waals surface area contributed by atoms with E-state index in [1.54, 1.807) is 12.1 Å². The van der Waals surface area contributed by atoms with Crippen LogP contribution in [0.2, 0.25) is 0 Å². The number of phenols is 1. The molecule has 0 aliphatic carbocycles. The molecule has 0 saturated carbocycles. The number of nitrogens with zero attached hydrogens (tertiary/aromatic N) is 3. The Morgan fingerprint density at radius 3 is 3.00 bits per heavy atom. The Hall–Kier alpha value is -2.37. The maximum absolute atomic E-state index is 9.50. The molecular formula is C14H18N4O2. The lowest BCUT2D eigenvalue weighted by atomic mass is 10.1. The third-order valence-corrected chi connectivity index (χ3v) is 2.86. The van der Waals surface area contributed by atoms with Gasteiger partial charge in [0.1, 0.15) is 11.5 Å². The van der Waals surface area contributed by atoms with Crippen molar-refractivity contribution in [2.45, 2.75) is 25.7 Å². The summed E-state index contributed by atoms with van der Waals surface area (Å²) in [4.78, 5) is 0. The summed E-state index contributed by atoms with van der Waals surface area (Å²) in [7, 11) is 0. The van der Waals surface area contributed by atoms with Gasteiger partial charge in [0.2, 0.25) is 0 Å². The van der Waals surface area contributed by atoms with Crippen molar-refractivity contribution in [2.24, 2.45) is 0 Å². The number of benzene rings is 1. The van der Waals surface area contributed by atoms with Crippen LogP contribution in [0.4, 0.5) is 0 Å². The monoisotopic (exact) mass is 274 g/mol. The minimum Gasteiger partial charge on any atom is -0.508 e. The van der Waals surface area contributed by atoms with E-state index in [4.69, 9.17) is 4.74 Å². The predicted molar refractivity (Wildman–Crippen MR) is 74.6 cm³/mol. The molecule has 0 atom stereocenters. The van der Waals surface area contributed by atoms with Gasteiger partial charge in [0.05, 0.1) is 6.61 Å². The number of allylic oxidation sites excluding steroid dienone is 1. The first kappa shape index (κ1) is 14.0. The van der Waals surface area contributed by atoms with E-state index in [1.807, 2.05) is 12.1 Å². The molecule has 6 nitrogen and oxygen atoms in total. The molecule has 2 rings (SSSR count). The van der Waals surface area contributed by atoms with Crippen LogP contribution in [0.25, 0.3) is 0 Å². The number of hydrogen-bond donors (Lipinski definition) is 2. The Balaban J connectivity index is 1.78. The lowest BCUT2D eigenvalue weighted by molar-refractivity contribution is 0.302. The second-order valence-electron chi connectivity index (χ2n) is 4.42. The van der Waals surface area contributed by atoms with E-state index in [2.05, 4.69) is 27.2 Å². The molecule has 0 aliphatic rings. The number of unbranched alkanes of at least 4 members (excludes halogenated alkanes) is 1. The number of tetrazole rings is 1. The summed E-state index contributed by atoms with van der Waals surface area (Å²) >= 11 is 0. The molecular weight excluding hydrogens is 256 g/mol. The van der Waals surface area contributed by atoms with Crippen LogP contribution in [0.15, 0.2) is 30.9 Å². The predicted octanol–water partition coefficient (Wildman–Crippen LogP) is 2.04. The van der Waals surface area contributed by atoms with Crippen LogP contribution in [0.3, 0.4) is 0 Å². The molecule has 1 heterocycles. The quantitative estimate of drug-likeness (QED) is 0.568. The molecule has 0 spiro atoms. The maximum atomic E-state index is 9.50. The molecule has 1 aromatic carbocycles. The molecule has 0 amide bonds. The van der Waals surface area contributed by atoms with Crippen molar-refractivity contribution >= 4 is 0 Å². The van der Waals surface area contributed by atoms with Crippen molar-refractivity contribution in [2.75, 3.05) is 6.61 Å². The largest absolute Gasteiger partial charge is 0.508 e. The Labute approximate surface area is 117 Å². The van der Waals surface area contributed by atoms with Crippen molar-refractivity contribution in [3.05, 3.63) is 42.2 Å². The van der Waals surface area contributed by atoms with Gasteiger partial charge >= 0.3 is 0 Å². The molecule has 0 saturated heterocycles. The topological polar surface area (TPSA) is 83.9 Å². The Kier molecular flexibility index (Phi) is 5.11. The SMILES string of the molecule is C=CCc1ccc(O)cc1OCCCCc1nn[nH]n1. The Morgan fingerprint density at radius 2 is 2.25 bits per heavy atom. The molecule has 2 aromatic rings. The molecule has 106 valence electrons. The zero-order chi connectivity index (χ0) is 14.2. The number of aromatic nitrogens is 4. The van der Waals surface area contributed by atoms with E-state index in [1.165, 1.54) is 0 Å². The van der Waals surface area contributed by atoms with Gasteiger partial charge in [0, 0.05) is 12.5 Å². The summed E-state index contributed by atoms with van der Waals surface area (Å²) in [6.45, 7) is 4.31. The highest BCUT2D eigenvalue weighted by atomic mass is 16.5. The van der Waals surface area contributed by atoms with Crippen LogP contribution < -0.4 is 4.74 Å². The summed E-state index contributed by atoms with van der Waals surface area (Å²) < 4.78 is 5.72. The number of aromatic hydroxyl groups is 1.